The smallest absolute Gasteiger partial charge is 0.266 e. The first-order valence-corrected chi connectivity index (χ1v) is 9.53. The summed E-state index contributed by atoms with van der Waals surface area (Å²) in [5.41, 5.74) is -1.65. The molecule has 1 aliphatic heterocycles. The number of halogens is 3. The molecule has 4 rings (SSSR count). The van der Waals surface area contributed by atoms with Crippen molar-refractivity contribution in [2.24, 2.45) is 0 Å². The highest BCUT2D eigenvalue weighted by molar-refractivity contribution is 7.86. The maximum Gasteiger partial charge on any atom is 0.417 e. The molecular formula is C19H10F3NO5S. The Morgan fingerprint density at radius 3 is 2.21 bits per heavy atom. The van der Waals surface area contributed by atoms with Crippen molar-refractivity contribution in [1.29, 1.82) is 0 Å². The molecule has 1 aliphatic rings. The first-order valence-electron chi connectivity index (χ1n) is 8.12. The van der Waals surface area contributed by atoms with Gasteiger partial charge in [0.2, 0.25) is 0 Å². The third kappa shape index (κ3) is 3.06. The Bertz CT molecular complexity index is 1280. The average Bonchev–Trinajstić information content (AvgIpc) is 2.92. The molecule has 0 saturated carbocycles. The zero-order valence-corrected chi connectivity index (χ0v) is 15.1. The van der Waals surface area contributed by atoms with Gasteiger partial charge in [0.25, 0.3) is 11.8 Å². The molecular weight excluding hydrogens is 411 g/mol. The van der Waals surface area contributed by atoms with Crippen molar-refractivity contribution in [3.8, 4) is 0 Å². The van der Waals surface area contributed by atoms with Gasteiger partial charge in [-0.1, -0.05) is 42.5 Å². The van der Waals surface area contributed by atoms with Gasteiger partial charge in [0.15, 0.2) is 0 Å². The van der Waals surface area contributed by atoms with Crippen LogP contribution in [0.4, 0.5) is 13.2 Å². The van der Waals surface area contributed by atoms with E-state index in [-0.39, 0.29) is 16.2 Å². The third-order valence-electron chi connectivity index (χ3n) is 4.38. The van der Waals surface area contributed by atoms with Gasteiger partial charge in [0, 0.05) is 0 Å². The van der Waals surface area contributed by atoms with E-state index in [1.54, 1.807) is 30.3 Å². The quantitative estimate of drug-likeness (QED) is 0.602. The van der Waals surface area contributed by atoms with Crippen LogP contribution < -0.4 is 0 Å². The van der Waals surface area contributed by atoms with E-state index in [0.717, 1.165) is 12.1 Å². The van der Waals surface area contributed by atoms with Crippen molar-refractivity contribution in [2.75, 3.05) is 0 Å². The fraction of sp³-hybridized carbons (Fsp3) is 0.0526. The van der Waals surface area contributed by atoms with Gasteiger partial charge in [0.05, 0.1) is 16.7 Å². The van der Waals surface area contributed by atoms with E-state index in [1.807, 2.05) is 0 Å². The molecule has 3 aromatic rings. The fourth-order valence-electron chi connectivity index (χ4n) is 3.11. The number of alkyl halides is 3. The van der Waals surface area contributed by atoms with Crippen molar-refractivity contribution >= 4 is 32.7 Å². The number of nitrogens with zero attached hydrogens (tertiary/aromatic N) is 1. The maximum atomic E-state index is 13.2. The Labute approximate surface area is 162 Å². The van der Waals surface area contributed by atoms with Gasteiger partial charge < -0.3 is 0 Å². The Morgan fingerprint density at radius 1 is 0.828 bits per heavy atom. The normalized spacial score (nSPS) is 14.5. The monoisotopic (exact) mass is 421 g/mol. The SMILES string of the molecule is O=C1c2ccc3ccccc3c2C(=O)N1OS(=O)(=O)c1ccccc1C(F)(F)F. The Kier molecular flexibility index (Phi) is 4.21. The second kappa shape index (κ2) is 6.39. The van der Waals surface area contributed by atoms with E-state index in [2.05, 4.69) is 4.28 Å². The topological polar surface area (TPSA) is 80.8 Å². The number of fused-ring (bicyclic) bond motifs is 3. The minimum Gasteiger partial charge on any atom is -0.266 e. The molecule has 0 unspecified atom stereocenters. The molecule has 3 aromatic carbocycles. The van der Waals surface area contributed by atoms with E-state index in [0.29, 0.717) is 22.9 Å². The van der Waals surface area contributed by atoms with Gasteiger partial charge in [-0.25, -0.2) is 0 Å². The largest absolute Gasteiger partial charge is 0.417 e. The van der Waals surface area contributed by atoms with Gasteiger partial charge >= 0.3 is 16.3 Å². The molecule has 148 valence electrons. The number of carbonyl (C=O) groups excluding carboxylic acids is 2. The maximum absolute atomic E-state index is 13.2. The van der Waals surface area contributed by atoms with Gasteiger partial charge in [-0.2, -0.15) is 21.6 Å². The lowest BCUT2D eigenvalue weighted by molar-refractivity contribution is -0.140. The summed E-state index contributed by atoms with van der Waals surface area (Å²) < 4.78 is 69.1. The number of hydrogen-bond acceptors (Lipinski definition) is 5. The summed E-state index contributed by atoms with van der Waals surface area (Å²) in [6, 6.07) is 12.8. The van der Waals surface area contributed by atoms with E-state index in [9.17, 15) is 31.2 Å². The summed E-state index contributed by atoms with van der Waals surface area (Å²) >= 11 is 0. The molecule has 0 saturated heterocycles. The van der Waals surface area contributed by atoms with Crippen LogP contribution in [0.15, 0.2) is 65.6 Å². The van der Waals surface area contributed by atoms with Gasteiger partial charge in [-0.05, 0) is 29.0 Å². The molecule has 10 heteroatoms. The molecule has 0 aliphatic carbocycles. The molecule has 2 amide bonds. The molecule has 1 heterocycles. The fourth-order valence-corrected chi connectivity index (χ4v) is 4.22. The predicted molar refractivity (Wildman–Crippen MR) is 94.2 cm³/mol. The lowest BCUT2D eigenvalue weighted by atomic mass is 10.0. The Hall–Kier alpha value is -3.24. The summed E-state index contributed by atoms with van der Waals surface area (Å²) in [5.74, 6) is -2.15. The molecule has 29 heavy (non-hydrogen) atoms. The summed E-state index contributed by atoms with van der Waals surface area (Å²) in [6.45, 7) is 0. The minimum atomic E-state index is -5.13. The lowest BCUT2D eigenvalue weighted by Gasteiger charge is -2.16. The second-order valence-corrected chi connectivity index (χ2v) is 7.63. The zero-order valence-electron chi connectivity index (χ0n) is 14.3. The molecule has 0 radical (unpaired) electrons. The van der Waals surface area contributed by atoms with E-state index in [1.165, 1.54) is 6.07 Å². The van der Waals surface area contributed by atoms with Crippen molar-refractivity contribution in [3.63, 3.8) is 0 Å². The number of rotatable bonds is 3. The standard InChI is InChI=1S/C19H10F3NO5S/c20-19(21,22)14-7-3-4-8-15(14)29(26,27)28-23-17(24)13-10-9-11-5-1-2-6-12(11)16(13)18(23)25/h1-10H. The summed E-state index contributed by atoms with van der Waals surface area (Å²) in [7, 11) is -5.13. The predicted octanol–water partition coefficient (Wildman–Crippen LogP) is 3.78. The number of amides is 2. The van der Waals surface area contributed by atoms with Gasteiger partial charge in [-0.15, -0.1) is 9.35 Å². The van der Waals surface area contributed by atoms with Gasteiger partial charge in [0.1, 0.15) is 4.90 Å². The zero-order chi connectivity index (χ0) is 21.0. The highest BCUT2D eigenvalue weighted by Crippen LogP contribution is 2.36. The number of hydroxylamine groups is 2. The summed E-state index contributed by atoms with van der Waals surface area (Å²) in [5, 5.41) is 0.988. The first kappa shape index (κ1) is 19.1. The minimum absolute atomic E-state index is 0.0282. The van der Waals surface area contributed by atoms with Crippen LogP contribution in [0, 0.1) is 0 Å². The lowest BCUT2D eigenvalue weighted by Crippen LogP contribution is -2.33. The molecule has 0 fully saturated rings. The summed E-state index contributed by atoms with van der Waals surface area (Å²) in [6.07, 6.45) is -4.98. The highest BCUT2D eigenvalue weighted by atomic mass is 32.2. The number of benzene rings is 3. The molecule has 0 atom stereocenters. The van der Waals surface area contributed by atoms with E-state index in [4.69, 9.17) is 0 Å². The molecule has 0 bridgehead atoms. The number of imide groups is 1. The average molecular weight is 421 g/mol. The molecule has 0 N–H and O–H groups in total. The van der Waals surface area contributed by atoms with Crippen LogP contribution >= 0.6 is 0 Å². The van der Waals surface area contributed by atoms with Crippen LogP contribution in [-0.4, -0.2) is 25.3 Å². The molecule has 6 nitrogen and oxygen atoms in total. The Balaban J connectivity index is 1.77. The third-order valence-corrected chi connectivity index (χ3v) is 5.62. The van der Waals surface area contributed by atoms with Crippen LogP contribution in [0.1, 0.15) is 26.3 Å². The van der Waals surface area contributed by atoms with Crippen molar-refractivity contribution in [1.82, 2.24) is 5.06 Å². The molecule has 0 spiro atoms. The second-order valence-electron chi connectivity index (χ2n) is 6.14. The van der Waals surface area contributed by atoms with Crippen LogP contribution in [0.25, 0.3) is 10.8 Å². The van der Waals surface area contributed by atoms with E-state index < -0.39 is 38.6 Å². The Morgan fingerprint density at radius 2 is 1.48 bits per heavy atom. The van der Waals surface area contributed by atoms with Crippen molar-refractivity contribution < 1.29 is 35.5 Å². The highest BCUT2D eigenvalue weighted by Gasteiger charge is 2.43. The van der Waals surface area contributed by atoms with Crippen LogP contribution in [0.5, 0.6) is 0 Å². The number of hydrogen-bond donors (Lipinski definition) is 0. The van der Waals surface area contributed by atoms with Crippen LogP contribution in [0.3, 0.4) is 0 Å². The van der Waals surface area contributed by atoms with Gasteiger partial charge in [-0.3, -0.25) is 9.59 Å². The van der Waals surface area contributed by atoms with Crippen molar-refractivity contribution in [3.05, 3.63) is 77.4 Å². The summed E-state index contributed by atoms with van der Waals surface area (Å²) in [4.78, 5) is 24.0. The van der Waals surface area contributed by atoms with E-state index >= 15 is 0 Å². The van der Waals surface area contributed by atoms with Crippen LogP contribution in [-0.2, 0) is 20.6 Å². The van der Waals surface area contributed by atoms with Crippen LogP contribution in [0.2, 0.25) is 0 Å². The van der Waals surface area contributed by atoms with Crippen molar-refractivity contribution in [2.45, 2.75) is 11.1 Å². The first-order chi connectivity index (χ1) is 13.6. The number of carbonyl (C=O) groups is 2. The molecule has 0 aromatic heterocycles.